The van der Waals surface area contributed by atoms with Gasteiger partial charge >= 0.3 is 0 Å². The van der Waals surface area contributed by atoms with Gasteiger partial charge in [-0.1, -0.05) is 36.4 Å². The van der Waals surface area contributed by atoms with Gasteiger partial charge in [-0.05, 0) is 31.4 Å². The normalized spacial score (nSPS) is 15.1. The van der Waals surface area contributed by atoms with Crippen LogP contribution in [0.2, 0.25) is 0 Å². The SMILES string of the molecule is O=C(c1cccc(-c2ccccc2)n1)N1CCCCC1. The van der Waals surface area contributed by atoms with E-state index in [4.69, 9.17) is 0 Å². The Morgan fingerprint density at radius 2 is 1.65 bits per heavy atom. The summed E-state index contributed by atoms with van der Waals surface area (Å²) in [5.74, 6) is 0.0579. The number of nitrogens with zero attached hydrogens (tertiary/aromatic N) is 2. The molecule has 1 aromatic carbocycles. The van der Waals surface area contributed by atoms with Crippen molar-refractivity contribution in [2.24, 2.45) is 0 Å². The van der Waals surface area contributed by atoms with E-state index >= 15 is 0 Å². The van der Waals surface area contributed by atoms with Gasteiger partial charge in [0.15, 0.2) is 0 Å². The second kappa shape index (κ2) is 5.87. The first-order chi connectivity index (χ1) is 9.84. The number of hydrogen-bond acceptors (Lipinski definition) is 2. The zero-order valence-corrected chi connectivity index (χ0v) is 11.5. The van der Waals surface area contributed by atoms with E-state index < -0.39 is 0 Å². The van der Waals surface area contributed by atoms with E-state index in [1.165, 1.54) is 6.42 Å². The van der Waals surface area contributed by atoms with Crippen LogP contribution in [-0.4, -0.2) is 28.9 Å². The Kier molecular flexibility index (Phi) is 3.77. The number of amides is 1. The van der Waals surface area contributed by atoms with Gasteiger partial charge in [0.25, 0.3) is 5.91 Å². The average Bonchev–Trinajstić information content (AvgIpc) is 2.56. The van der Waals surface area contributed by atoms with Gasteiger partial charge in [-0.3, -0.25) is 4.79 Å². The van der Waals surface area contributed by atoms with Crippen LogP contribution in [0.15, 0.2) is 48.5 Å². The minimum absolute atomic E-state index is 0.0579. The van der Waals surface area contributed by atoms with Crippen LogP contribution in [0.1, 0.15) is 29.8 Å². The van der Waals surface area contributed by atoms with Crippen molar-refractivity contribution in [2.45, 2.75) is 19.3 Å². The molecule has 1 aromatic heterocycles. The van der Waals surface area contributed by atoms with Crippen molar-refractivity contribution in [3.8, 4) is 11.3 Å². The van der Waals surface area contributed by atoms with Gasteiger partial charge in [0, 0.05) is 18.7 Å². The summed E-state index contributed by atoms with van der Waals surface area (Å²) in [7, 11) is 0. The van der Waals surface area contributed by atoms with Crippen molar-refractivity contribution >= 4 is 5.91 Å². The summed E-state index contributed by atoms with van der Waals surface area (Å²) in [5, 5.41) is 0. The molecule has 1 aliphatic heterocycles. The molecule has 0 aliphatic carbocycles. The first-order valence-corrected chi connectivity index (χ1v) is 7.16. The van der Waals surface area contributed by atoms with Crippen LogP contribution in [0.4, 0.5) is 0 Å². The molecule has 0 radical (unpaired) electrons. The Bertz CT molecular complexity index is 589. The second-order valence-electron chi connectivity index (χ2n) is 5.13. The minimum atomic E-state index is 0.0579. The molecular weight excluding hydrogens is 248 g/mol. The third-order valence-electron chi connectivity index (χ3n) is 3.68. The molecule has 3 rings (SSSR count). The molecule has 0 atom stereocenters. The number of piperidine rings is 1. The summed E-state index contributed by atoms with van der Waals surface area (Å²) in [6.07, 6.45) is 3.43. The highest BCUT2D eigenvalue weighted by atomic mass is 16.2. The molecule has 1 aliphatic rings. The van der Waals surface area contributed by atoms with E-state index in [1.54, 1.807) is 0 Å². The zero-order valence-electron chi connectivity index (χ0n) is 11.5. The Labute approximate surface area is 119 Å². The monoisotopic (exact) mass is 266 g/mol. The van der Waals surface area contributed by atoms with E-state index in [2.05, 4.69) is 4.98 Å². The maximum atomic E-state index is 12.4. The van der Waals surface area contributed by atoms with E-state index in [0.29, 0.717) is 5.69 Å². The molecule has 2 aromatic rings. The summed E-state index contributed by atoms with van der Waals surface area (Å²) >= 11 is 0. The lowest BCUT2D eigenvalue weighted by Crippen LogP contribution is -2.36. The summed E-state index contributed by atoms with van der Waals surface area (Å²) in [6.45, 7) is 1.71. The van der Waals surface area contributed by atoms with E-state index in [0.717, 1.165) is 37.2 Å². The zero-order chi connectivity index (χ0) is 13.8. The minimum Gasteiger partial charge on any atom is -0.337 e. The average molecular weight is 266 g/mol. The summed E-state index contributed by atoms with van der Waals surface area (Å²) in [6, 6.07) is 15.6. The number of pyridine rings is 1. The lowest BCUT2D eigenvalue weighted by Gasteiger charge is -2.26. The predicted molar refractivity (Wildman–Crippen MR) is 79.4 cm³/mol. The molecule has 20 heavy (non-hydrogen) atoms. The van der Waals surface area contributed by atoms with Gasteiger partial charge in [-0.2, -0.15) is 0 Å². The topological polar surface area (TPSA) is 33.2 Å². The number of likely N-dealkylation sites (tertiary alicyclic amines) is 1. The number of aromatic nitrogens is 1. The van der Waals surface area contributed by atoms with E-state index in [9.17, 15) is 4.79 Å². The molecule has 0 spiro atoms. The maximum Gasteiger partial charge on any atom is 0.272 e. The van der Waals surface area contributed by atoms with Crippen molar-refractivity contribution in [3.05, 3.63) is 54.2 Å². The fraction of sp³-hybridized carbons (Fsp3) is 0.294. The largest absolute Gasteiger partial charge is 0.337 e. The molecule has 1 saturated heterocycles. The number of carbonyl (C=O) groups is 1. The standard InChI is InChI=1S/C17H18N2O/c20-17(19-12-5-2-6-13-19)16-11-7-10-15(18-16)14-8-3-1-4-9-14/h1,3-4,7-11H,2,5-6,12-13H2. The van der Waals surface area contributed by atoms with Crippen molar-refractivity contribution in [1.82, 2.24) is 9.88 Å². The fourth-order valence-electron chi connectivity index (χ4n) is 2.58. The number of hydrogen-bond donors (Lipinski definition) is 0. The van der Waals surface area contributed by atoms with Crippen molar-refractivity contribution in [2.75, 3.05) is 13.1 Å². The molecule has 3 nitrogen and oxygen atoms in total. The number of benzene rings is 1. The van der Waals surface area contributed by atoms with Crippen LogP contribution in [0, 0.1) is 0 Å². The molecule has 3 heteroatoms. The quantitative estimate of drug-likeness (QED) is 0.835. The highest BCUT2D eigenvalue weighted by molar-refractivity contribution is 5.92. The van der Waals surface area contributed by atoms with Gasteiger partial charge in [-0.25, -0.2) is 4.98 Å². The molecule has 0 saturated carbocycles. The van der Waals surface area contributed by atoms with E-state index in [-0.39, 0.29) is 5.91 Å². The van der Waals surface area contributed by atoms with E-state index in [1.807, 2.05) is 53.4 Å². The smallest absolute Gasteiger partial charge is 0.272 e. The molecule has 0 bridgehead atoms. The van der Waals surface area contributed by atoms with Gasteiger partial charge < -0.3 is 4.90 Å². The van der Waals surface area contributed by atoms with Crippen molar-refractivity contribution in [3.63, 3.8) is 0 Å². The van der Waals surface area contributed by atoms with Gasteiger partial charge in [0.1, 0.15) is 5.69 Å². The summed E-state index contributed by atoms with van der Waals surface area (Å²) < 4.78 is 0. The van der Waals surface area contributed by atoms with Crippen LogP contribution < -0.4 is 0 Å². The highest BCUT2D eigenvalue weighted by Crippen LogP contribution is 2.18. The Balaban J connectivity index is 1.85. The van der Waals surface area contributed by atoms with Crippen molar-refractivity contribution in [1.29, 1.82) is 0 Å². The van der Waals surface area contributed by atoms with Gasteiger partial charge in [-0.15, -0.1) is 0 Å². The maximum absolute atomic E-state index is 12.4. The Morgan fingerprint density at radius 3 is 2.40 bits per heavy atom. The molecule has 0 N–H and O–H groups in total. The molecule has 1 fully saturated rings. The lowest BCUT2D eigenvalue weighted by molar-refractivity contribution is 0.0718. The number of rotatable bonds is 2. The molecule has 2 heterocycles. The number of carbonyl (C=O) groups excluding carboxylic acids is 1. The lowest BCUT2D eigenvalue weighted by atomic mass is 10.1. The van der Waals surface area contributed by atoms with Crippen LogP contribution in [0.3, 0.4) is 0 Å². The first-order valence-electron chi connectivity index (χ1n) is 7.16. The molecule has 1 amide bonds. The molecular formula is C17H18N2O. The third kappa shape index (κ3) is 2.72. The summed E-state index contributed by atoms with van der Waals surface area (Å²) in [4.78, 5) is 18.9. The summed E-state index contributed by atoms with van der Waals surface area (Å²) in [5.41, 5.74) is 2.45. The van der Waals surface area contributed by atoms with Crippen LogP contribution in [0.25, 0.3) is 11.3 Å². The van der Waals surface area contributed by atoms with Crippen LogP contribution >= 0.6 is 0 Å². The van der Waals surface area contributed by atoms with Crippen LogP contribution in [-0.2, 0) is 0 Å². The highest BCUT2D eigenvalue weighted by Gasteiger charge is 2.19. The Hall–Kier alpha value is -2.16. The Morgan fingerprint density at radius 1 is 0.900 bits per heavy atom. The molecule has 0 unspecified atom stereocenters. The predicted octanol–water partition coefficient (Wildman–Crippen LogP) is 3.37. The van der Waals surface area contributed by atoms with Crippen LogP contribution in [0.5, 0.6) is 0 Å². The first kappa shape index (κ1) is 12.9. The van der Waals surface area contributed by atoms with Gasteiger partial charge in [0.05, 0.1) is 5.69 Å². The third-order valence-corrected chi connectivity index (χ3v) is 3.68. The second-order valence-corrected chi connectivity index (χ2v) is 5.13. The van der Waals surface area contributed by atoms with Crippen molar-refractivity contribution < 1.29 is 4.79 Å². The fourth-order valence-corrected chi connectivity index (χ4v) is 2.58. The van der Waals surface area contributed by atoms with Gasteiger partial charge in [0.2, 0.25) is 0 Å². The molecule has 102 valence electrons.